The van der Waals surface area contributed by atoms with Gasteiger partial charge in [0.05, 0.1) is 153 Å². The standard InChI is InChI=1S/C26H24N2O2S.2C21H20N2O.C20H18N2O2.C19H18N2O3S/c1-20-12-14-23(15-13-20)25-17-27-26(24(28-25)16-21-8-4-2-5-9-21)19-31(29,30)18-22-10-6-3-7-11-22;2*1-15-8-10-18(11-9-15)21-14-22-19(12-16(2)24)20(23-21)13-17-6-4-3-5-7-17;1-14(23)11-18-19(12-15-5-3-2-4-6-15)22-20(13-21-18)16-7-9-17(24)10-8-16;1-25(23,24)13-19-17(11-14-5-3-2-4-6-14)21-18(12-20-19)15-7-9-16(22)10-8-15/h2-15,17H,16,18-19H2,1H3;2*3-11,14H,12-13H2,1-2H3;2-10,13,24H,11-12H2,1H3;2-10,12,22H,11,13H2,1H3. The summed E-state index contributed by atoms with van der Waals surface area (Å²) >= 11 is 0. The fourth-order valence-electron chi connectivity index (χ4n) is 13.8. The van der Waals surface area contributed by atoms with Crippen molar-refractivity contribution in [3.63, 3.8) is 0 Å². The first-order chi connectivity index (χ1) is 61.7. The number of phenolic OH excluding ortho intramolecular Hbond substituents is 2. The van der Waals surface area contributed by atoms with E-state index in [1.54, 1.807) is 100 Å². The molecule has 19 nitrogen and oxygen atoms in total. The van der Waals surface area contributed by atoms with E-state index in [1.165, 1.54) is 22.9 Å². The Balaban J connectivity index is 0.000000146. The molecule has 21 heteroatoms. The Morgan fingerprint density at radius 3 is 0.680 bits per heavy atom. The number of hydrogen-bond acceptors (Lipinski definition) is 19. The molecular formula is C107H100N10O9S2. The summed E-state index contributed by atoms with van der Waals surface area (Å²) in [6, 6.07) is 97.3. The second kappa shape index (κ2) is 45.3. The number of aromatic nitrogens is 10. The molecule has 11 aromatic carbocycles. The maximum Gasteiger partial charge on any atom is 0.160 e. The normalized spacial score (nSPS) is 10.9. The molecule has 5 aromatic heterocycles. The smallest absolute Gasteiger partial charge is 0.160 e. The first-order valence-corrected chi connectivity index (χ1v) is 45.8. The van der Waals surface area contributed by atoms with Gasteiger partial charge in [0.2, 0.25) is 0 Å². The van der Waals surface area contributed by atoms with Crippen LogP contribution in [0.3, 0.4) is 0 Å². The van der Waals surface area contributed by atoms with E-state index in [-0.39, 0.29) is 52.5 Å². The van der Waals surface area contributed by atoms with Gasteiger partial charge >= 0.3 is 0 Å². The van der Waals surface area contributed by atoms with E-state index in [1.807, 2.05) is 189 Å². The molecule has 0 bridgehead atoms. The van der Waals surface area contributed by atoms with Gasteiger partial charge in [-0.1, -0.05) is 271 Å². The number of aromatic hydroxyl groups is 2. The molecule has 644 valence electrons. The van der Waals surface area contributed by atoms with Crippen LogP contribution in [0.4, 0.5) is 0 Å². The molecule has 0 saturated carbocycles. The molecule has 0 atom stereocenters. The van der Waals surface area contributed by atoms with Crippen LogP contribution in [-0.4, -0.2) is 100 Å². The SMILES string of the molecule is CC(=O)Cc1ncc(-c2ccc(C)cc2)nc1Cc1ccccc1.CC(=O)Cc1ncc(-c2ccc(C)cc2)nc1Cc1ccccc1.CC(=O)Cc1ncc(-c2ccc(O)cc2)nc1Cc1ccccc1.CS(=O)(=O)Cc1ncc(-c2ccc(O)cc2)nc1Cc1ccccc1.Cc1ccc(-c2cnc(CS(=O)(=O)Cc3ccccc3)c(Cc3ccccc3)n2)cc1. The number of carbonyl (C=O) groups excluding carboxylic acids is 3. The van der Waals surface area contributed by atoms with Gasteiger partial charge in [-0.3, -0.25) is 39.3 Å². The fourth-order valence-corrected chi connectivity index (χ4v) is 16.0. The highest BCUT2D eigenvalue weighted by molar-refractivity contribution is 7.90. The van der Waals surface area contributed by atoms with Gasteiger partial charge in [-0.2, -0.15) is 0 Å². The zero-order valence-electron chi connectivity index (χ0n) is 72.6. The molecule has 0 unspecified atom stereocenters. The van der Waals surface area contributed by atoms with E-state index in [0.29, 0.717) is 79.1 Å². The topological polar surface area (TPSA) is 289 Å². The molecule has 2 N–H and O–H groups in total. The Hall–Kier alpha value is -14.7. The van der Waals surface area contributed by atoms with Gasteiger partial charge in [0.1, 0.15) is 28.8 Å². The highest BCUT2D eigenvalue weighted by atomic mass is 32.2. The maximum absolute atomic E-state index is 12.9. The lowest BCUT2D eigenvalue weighted by Crippen LogP contribution is -2.12. The molecule has 128 heavy (non-hydrogen) atoms. The van der Waals surface area contributed by atoms with Crippen molar-refractivity contribution in [1.82, 2.24) is 49.8 Å². The maximum atomic E-state index is 12.9. The minimum Gasteiger partial charge on any atom is -0.508 e. The number of aryl methyl sites for hydroxylation is 3. The molecule has 0 aliphatic heterocycles. The summed E-state index contributed by atoms with van der Waals surface area (Å²) in [6.07, 6.45) is 13.6. The molecule has 0 spiro atoms. The lowest BCUT2D eigenvalue weighted by atomic mass is 10.0. The number of nitrogens with zero attached hydrogens (tertiary/aromatic N) is 10. The minimum absolute atomic E-state index is 0.0139. The molecule has 0 fully saturated rings. The Morgan fingerprint density at radius 2 is 0.453 bits per heavy atom. The Kier molecular flexibility index (Phi) is 32.7. The number of sulfone groups is 2. The third-order valence-electron chi connectivity index (χ3n) is 20.3. The monoisotopic (exact) mass is 1730 g/mol. The van der Waals surface area contributed by atoms with Crippen LogP contribution >= 0.6 is 0 Å². The number of carbonyl (C=O) groups is 3. The zero-order valence-corrected chi connectivity index (χ0v) is 74.2. The zero-order chi connectivity index (χ0) is 90.4. The quantitative estimate of drug-likeness (QED) is 0.0483. The molecule has 0 aliphatic rings. The van der Waals surface area contributed by atoms with Crippen LogP contribution in [0.15, 0.2) is 334 Å². The minimum atomic E-state index is -3.39. The van der Waals surface area contributed by atoms with Crippen LogP contribution in [0.25, 0.3) is 56.3 Å². The van der Waals surface area contributed by atoms with Crippen molar-refractivity contribution in [2.45, 2.75) is 110 Å². The summed E-state index contributed by atoms with van der Waals surface area (Å²) < 4.78 is 49.2. The van der Waals surface area contributed by atoms with Gasteiger partial charge in [0, 0.05) is 66.2 Å². The largest absolute Gasteiger partial charge is 0.508 e. The van der Waals surface area contributed by atoms with Crippen LogP contribution in [0.1, 0.15) is 128 Å². The van der Waals surface area contributed by atoms with Crippen LogP contribution in [0.2, 0.25) is 0 Å². The summed E-state index contributed by atoms with van der Waals surface area (Å²) in [4.78, 5) is 80.9. The van der Waals surface area contributed by atoms with Gasteiger partial charge < -0.3 is 10.2 Å². The van der Waals surface area contributed by atoms with Crippen molar-refractivity contribution in [2.75, 3.05) is 6.26 Å². The lowest BCUT2D eigenvalue weighted by Gasteiger charge is -2.12. The second-order valence-corrected chi connectivity index (χ2v) is 35.7. The second-order valence-electron chi connectivity index (χ2n) is 31.5. The Labute approximate surface area is 748 Å². The van der Waals surface area contributed by atoms with E-state index in [4.69, 9.17) is 19.9 Å². The summed E-state index contributed by atoms with van der Waals surface area (Å²) in [5, 5.41) is 18.8. The average Bonchev–Trinajstić information content (AvgIpc) is 0.758. The number of phenols is 2. The average molecular weight is 1730 g/mol. The highest BCUT2D eigenvalue weighted by Crippen LogP contribution is 2.29. The van der Waals surface area contributed by atoms with Gasteiger partial charge in [-0.15, -0.1) is 0 Å². The van der Waals surface area contributed by atoms with Crippen LogP contribution in [0.5, 0.6) is 11.5 Å². The van der Waals surface area contributed by atoms with Crippen molar-refractivity contribution >= 4 is 37.0 Å². The van der Waals surface area contributed by atoms with Crippen molar-refractivity contribution in [2.24, 2.45) is 0 Å². The van der Waals surface area contributed by atoms with Gasteiger partial charge in [0.15, 0.2) is 19.7 Å². The van der Waals surface area contributed by atoms with Crippen molar-refractivity contribution in [3.8, 4) is 67.8 Å². The Bertz CT molecular complexity index is 6270. The summed E-state index contributed by atoms with van der Waals surface area (Å²) in [6.45, 7) is 10.9. The molecule has 0 amide bonds. The summed E-state index contributed by atoms with van der Waals surface area (Å²) in [5.41, 5.74) is 25.6. The van der Waals surface area contributed by atoms with Gasteiger partial charge in [0.25, 0.3) is 0 Å². The first kappa shape index (κ1) is 92.5. The number of ketones is 3. The van der Waals surface area contributed by atoms with E-state index in [0.717, 1.165) is 112 Å². The van der Waals surface area contributed by atoms with Gasteiger partial charge in [-0.25, -0.2) is 41.8 Å². The predicted octanol–water partition coefficient (Wildman–Crippen LogP) is 20.1. The summed E-state index contributed by atoms with van der Waals surface area (Å²) in [5.74, 6) is 0.363. The molecule has 0 saturated heterocycles. The van der Waals surface area contributed by atoms with Crippen LogP contribution in [0, 0.1) is 20.8 Å². The molecule has 16 aromatic rings. The van der Waals surface area contributed by atoms with Crippen LogP contribution < -0.4 is 0 Å². The van der Waals surface area contributed by atoms with Crippen molar-refractivity contribution in [1.29, 1.82) is 0 Å². The number of rotatable bonds is 27. The van der Waals surface area contributed by atoms with E-state index >= 15 is 0 Å². The van der Waals surface area contributed by atoms with E-state index in [9.17, 15) is 41.4 Å². The Morgan fingerprint density at radius 1 is 0.250 bits per heavy atom. The fraction of sp³-hybridized carbons (Fsp3) is 0.168. The third kappa shape index (κ3) is 29.2. The third-order valence-corrected chi connectivity index (χ3v) is 22.6. The van der Waals surface area contributed by atoms with E-state index in [2.05, 4.69) is 117 Å². The molecular weight excluding hydrogens is 1630 g/mol. The van der Waals surface area contributed by atoms with Crippen molar-refractivity contribution in [3.05, 3.63) is 441 Å². The van der Waals surface area contributed by atoms with Crippen molar-refractivity contribution < 1.29 is 41.4 Å². The number of benzene rings is 11. The van der Waals surface area contributed by atoms with Crippen LogP contribution in [-0.2, 0) is 103 Å². The van der Waals surface area contributed by atoms with E-state index < -0.39 is 19.7 Å². The molecule has 0 aliphatic carbocycles. The van der Waals surface area contributed by atoms with Gasteiger partial charge in [-0.05, 0) is 123 Å². The molecule has 0 radical (unpaired) electrons. The number of hydrogen-bond donors (Lipinski definition) is 2. The predicted molar refractivity (Wildman–Crippen MR) is 506 cm³/mol. The lowest BCUT2D eigenvalue weighted by molar-refractivity contribution is -0.117. The molecule has 5 heterocycles. The highest BCUT2D eigenvalue weighted by Gasteiger charge is 2.22. The first-order valence-electron chi connectivity index (χ1n) is 41.9. The summed E-state index contributed by atoms with van der Waals surface area (Å²) in [7, 11) is -6.60. The molecule has 16 rings (SSSR count). The number of Topliss-reactive ketones (excluding diaryl/α,β-unsaturated/α-hetero) is 3.